The van der Waals surface area contributed by atoms with E-state index in [0.717, 1.165) is 13.1 Å². The average molecular weight is 462 g/mol. The van der Waals surface area contributed by atoms with E-state index in [9.17, 15) is 4.79 Å². The van der Waals surface area contributed by atoms with E-state index in [4.69, 9.17) is 0 Å². The highest BCUT2D eigenvalue weighted by Crippen LogP contribution is 2.51. The molecule has 134 valence electrons. The molecule has 1 aromatic rings. The van der Waals surface area contributed by atoms with Gasteiger partial charge in [-0.25, -0.2) is 4.99 Å². The maximum atomic E-state index is 11.7. The summed E-state index contributed by atoms with van der Waals surface area (Å²) in [6, 6.07) is 10.5. The van der Waals surface area contributed by atoms with Crippen molar-refractivity contribution in [1.82, 2.24) is 15.5 Å². The molecule has 0 atom stereocenters. The van der Waals surface area contributed by atoms with Crippen LogP contribution in [0.4, 0.5) is 0 Å². The van der Waals surface area contributed by atoms with Gasteiger partial charge in [0.1, 0.15) is 6.54 Å². The van der Waals surface area contributed by atoms with Crippen molar-refractivity contribution < 1.29 is 4.79 Å². The van der Waals surface area contributed by atoms with Gasteiger partial charge in [0.15, 0.2) is 5.96 Å². The Morgan fingerprint density at radius 3 is 2.46 bits per heavy atom. The van der Waals surface area contributed by atoms with Gasteiger partial charge in [0, 0.05) is 36.8 Å². The molecular formula is C17H27IN4OS. The summed E-state index contributed by atoms with van der Waals surface area (Å²) in [6.45, 7) is 3.83. The minimum Gasteiger partial charge on any atom is -0.357 e. The summed E-state index contributed by atoms with van der Waals surface area (Å²) in [5.41, 5.74) is 0. The molecule has 1 saturated carbocycles. The van der Waals surface area contributed by atoms with Gasteiger partial charge in [-0.2, -0.15) is 0 Å². The van der Waals surface area contributed by atoms with Gasteiger partial charge in [0.2, 0.25) is 5.91 Å². The fourth-order valence-electron chi connectivity index (χ4n) is 2.07. The zero-order chi connectivity index (χ0) is 16.7. The Balaban J connectivity index is 0.00000288. The van der Waals surface area contributed by atoms with Gasteiger partial charge in [-0.3, -0.25) is 4.79 Å². The standard InChI is InChI=1S/C17H26N4OS.HI/c1-4-18-16(19-12-15(22)21(2)3)20-13-17(10-11-17)23-14-8-6-5-7-9-14;/h5-9H,4,10-13H2,1-3H3,(H2,18,19,20);1H. The van der Waals surface area contributed by atoms with Crippen LogP contribution in [0.25, 0.3) is 0 Å². The van der Waals surface area contributed by atoms with Gasteiger partial charge in [-0.15, -0.1) is 35.7 Å². The fraction of sp³-hybridized carbons (Fsp3) is 0.529. The molecule has 0 bridgehead atoms. The Morgan fingerprint density at radius 1 is 1.25 bits per heavy atom. The van der Waals surface area contributed by atoms with Gasteiger partial charge >= 0.3 is 0 Å². The number of likely N-dealkylation sites (N-methyl/N-ethyl adjacent to an activating group) is 1. The van der Waals surface area contributed by atoms with Crippen LogP contribution in [0, 0.1) is 0 Å². The largest absolute Gasteiger partial charge is 0.357 e. The van der Waals surface area contributed by atoms with Crippen LogP contribution >= 0.6 is 35.7 Å². The number of carbonyl (C=O) groups excluding carboxylic acids is 1. The molecule has 2 rings (SSSR count). The van der Waals surface area contributed by atoms with E-state index in [2.05, 4.69) is 39.9 Å². The fourth-order valence-corrected chi connectivity index (χ4v) is 3.31. The summed E-state index contributed by atoms with van der Waals surface area (Å²) in [6.07, 6.45) is 2.41. The number of halogens is 1. The molecular weight excluding hydrogens is 435 g/mol. The number of thioether (sulfide) groups is 1. The van der Waals surface area contributed by atoms with Crippen molar-refractivity contribution >= 4 is 47.6 Å². The highest BCUT2D eigenvalue weighted by Gasteiger charge is 2.43. The van der Waals surface area contributed by atoms with E-state index < -0.39 is 0 Å². The Bertz CT molecular complexity index is 547. The number of nitrogens with one attached hydrogen (secondary N) is 2. The van der Waals surface area contributed by atoms with E-state index >= 15 is 0 Å². The number of guanidine groups is 1. The first kappa shape index (κ1) is 21.1. The zero-order valence-electron chi connectivity index (χ0n) is 14.5. The van der Waals surface area contributed by atoms with Crippen molar-refractivity contribution in [3.63, 3.8) is 0 Å². The summed E-state index contributed by atoms with van der Waals surface area (Å²) in [7, 11) is 3.49. The number of carbonyl (C=O) groups is 1. The van der Waals surface area contributed by atoms with E-state index in [0.29, 0.717) is 5.96 Å². The quantitative estimate of drug-likeness (QED) is 0.372. The molecule has 0 aromatic heterocycles. The molecule has 5 nitrogen and oxygen atoms in total. The number of aliphatic imine (C=N–C) groups is 1. The minimum atomic E-state index is 0. The second-order valence-corrected chi connectivity index (χ2v) is 7.48. The van der Waals surface area contributed by atoms with Crippen molar-refractivity contribution in [3.05, 3.63) is 30.3 Å². The molecule has 0 aliphatic heterocycles. The molecule has 0 radical (unpaired) electrons. The first-order valence-corrected chi connectivity index (χ1v) is 8.83. The van der Waals surface area contributed by atoms with Crippen LogP contribution in [0.2, 0.25) is 0 Å². The van der Waals surface area contributed by atoms with Crippen LogP contribution < -0.4 is 10.6 Å². The maximum Gasteiger partial charge on any atom is 0.243 e. The summed E-state index contributed by atoms with van der Waals surface area (Å²) in [5.74, 6) is 0.713. The first-order chi connectivity index (χ1) is 11.0. The Labute approximate surface area is 166 Å². The van der Waals surface area contributed by atoms with Gasteiger partial charge in [0.25, 0.3) is 0 Å². The van der Waals surface area contributed by atoms with E-state index in [-0.39, 0.29) is 41.2 Å². The normalized spacial score (nSPS) is 15.2. The predicted octanol–water partition coefficient (Wildman–Crippen LogP) is 2.57. The molecule has 0 spiro atoms. The number of amides is 1. The number of rotatable bonds is 7. The predicted molar refractivity (Wildman–Crippen MR) is 112 cm³/mol. The summed E-state index contributed by atoms with van der Waals surface area (Å²) in [4.78, 5) is 18.9. The van der Waals surface area contributed by atoms with E-state index in [1.807, 2.05) is 24.8 Å². The topological polar surface area (TPSA) is 56.7 Å². The first-order valence-electron chi connectivity index (χ1n) is 8.01. The molecule has 0 saturated heterocycles. The van der Waals surface area contributed by atoms with Crippen molar-refractivity contribution in [3.8, 4) is 0 Å². The van der Waals surface area contributed by atoms with E-state index in [1.165, 1.54) is 17.7 Å². The highest BCUT2D eigenvalue weighted by molar-refractivity contribution is 14.0. The van der Waals surface area contributed by atoms with Crippen LogP contribution in [0.3, 0.4) is 0 Å². The van der Waals surface area contributed by atoms with Crippen LogP contribution in [0.1, 0.15) is 19.8 Å². The van der Waals surface area contributed by atoms with Crippen molar-refractivity contribution in [2.45, 2.75) is 29.4 Å². The number of hydrogen-bond donors (Lipinski definition) is 2. The molecule has 0 unspecified atom stereocenters. The van der Waals surface area contributed by atoms with Gasteiger partial charge in [-0.05, 0) is 31.9 Å². The molecule has 1 amide bonds. The van der Waals surface area contributed by atoms with Crippen molar-refractivity contribution in [2.75, 3.05) is 33.7 Å². The van der Waals surface area contributed by atoms with Crippen molar-refractivity contribution in [1.29, 1.82) is 0 Å². The summed E-state index contributed by atoms with van der Waals surface area (Å²) in [5, 5.41) is 6.59. The van der Waals surface area contributed by atoms with Crippen LogP contribution in [-0.2, 0) is 4.79 Å². The van der Waals surface area contributed by atoms with Crippen LogP contribution in [0.15, 0.2) is 40.2 Å². The SMILES string of the molecule is CCNC(=NCC(=O)N(C)C)NCC1(Sc2ccccc2)CC1.I. The van der Waals surface area contributed by atoms with Crippen LogP contribution in [0.5, 0.6) is 0 Å². The Kier molecular flexibility index (Phi) is 8.90. The molecule has 2 N–H and O–H groups in total. The molecule has 1 aliphatic carbocycles. The number of hydrogen-bond acceptors (Lipinski definition) is 3. The Morgan fingerprint density at radius 2 is 1.92 bits per heavy atom. The monoisotopic (exact) mass is 462 g/mol. The molecule has 1 aromatic carbocycles. The molecule has 0 heterocycles. The molecule has 24 heavy (non-hydrogen) atoms. The molecule has 1 aliphatic rings. The van der Waals surface area contributed by atoms with Gasteiger partial charge in [0.05, 0.1) is 0 Å². The second-order valence-electron chi connectivity index (χ2n) is 5.94. The zero-order valence-corrected chi connectivity index (χ0v) is 17.7. The number of benzene rings is 1. The second kappa shape index (κ2) is 10.1. The third kappa shape index (κ3) is 6.88. The lowest BCUT2D eigenvalue weighted by Gasteiger charge is -2.18. The molecule has 7 heteroatoms. The smallest absolute Gasteiger partial charge is 0.243 e. The summed E-state index contributed by atoms with van der Waals surface area (Å²) < 4.78 is 0.253. The Hall–Kier alpha value is -0.960. The van der Waals surface area contributed by atoms with Gasteiger partial charge in [-0.1, -0.05) is 18.2 Å². The summed E-state index contributed by atoms with van der Waals surface area (Å²) >= 11 is 1.93. The lowest BCUT2D eigenvalue weighted by molar-refractivity contribution is -0.127. The minimum absolute atomic E-state index is 0. The van der Waals surface area contributed by atoms with Crippen molar-refractivity contribution in [2.24, 2.45) is 4.99 Å². The molecule has 1 fully saturated rings. The van der Waals surface area contributed by atoms with Crippen LogP contribution in [-0.4, -0.2) is 55.2 Å². The third-order valence-corrected chi connectivity index (χ3v) is 5.17. The lowest BCUT2D eigenvalue weighted by Crippen LogP contribution is -2.41. The van der Waals surface area contributed by atoms with E-state index in [1.54, 1.807) is 19.0 Å². The highest BCUT2D eigenvalue weighted by atomic mass is 127. The lowest BCUT2D eigenvalue weighted by atomic mass is 10.4. The third-order valence-electron chi connectivity index (χ3n) is 3.68. The number of nitrogens with zero attached hydrogens (tertiary/aromatic N) is 2. The maximum absolute atomic E-state index is 11.7. The van der Waals surface area contributed by atoms with Gasteiger partial charge < -0.3 is 15.5 Å². The average Bonchev–Trinajstić information content (AvgIpc) is 3.30.